The fourth-order valence-corrected chi connectivity index (χ4v) is 2.24. The van der Waals surface area contributed by atoms with Crippen LogP contribution >= 0.6 is 0 Å². The fourth-order valence-electron chi connectivity index (χ4n) is 2.24. The average Bonchev–Trinajstić information content (AvgIpc) is 2.91. The zero-order valence-electron chi connectivity index (χ0n) is 7.91. The van der Waals surface area contributed by atoms with E-state index in [0.29, 0.717) is 6.04 Å². The lowest BCUT2D eigenvalue weighted by molar-refractivity contribution is -0.143. The average molecular weight is 183 g/mol. The first-order valence-electron chi connectivity index (χ1n) is 5.27. The summed E-state index contributed by atoms with van der Waals surface area (Å²) in [7, 11) is 0. The summed E-state index contributed by atoms with van der Waals surface area (Å²) in [4.78, 5) is 13.2. The number of carbonyl (C=O) groups is 1. The van der Waals surface area contributed by atoms with Crippen LogP contribution in [0.25, 0.3) is 0 Å². The van der Waals surface area contributed by atoms with Crippen molar-refractivity contribution in [2.75, 3.05) is 6.54 Å². The van der Waals surface area contributed by atoms with Crippen LogP contribution in [-0.4, -0.2) is 34.6 Å². The largest absolute Gasteiger partial charge is 0.480 e. The standard InChI is InChI=1S/C10H17NO2/c12-10(13)9-4-2-1-3-7-11(9)8-5-6-8/h8-9H,1-7H2,(H,12,13). The number of carboxylic acid groups (broad SMARTS) is 1. The zero-order chi connectivity index (χ0) is 9.26. The molecule has 1 aliphatic heterocycles. The molecule has 1 saturated carbocycles. The lowest BCUT2D eigenvalue weighted by Gasteiger charge is -2.26. The molecule has 1 aliphatic carbocycles. The van der Waals surface area contributed by atoms with Crippen LogP contribution in [0.4, 0.5) is 0 Å². The summed E-state index contributed by atoms with van der Waals surface area (Å²) in [5, 5.41) is 9.07. The molecule has 2 aliphatic rings. The monoisotopic (exact) mass is 183 g/mol. The van der Waals surface area contributed by atoms with E-state index in [2.05, 4.69) is 4.90 Å². The number of hydrogen-bond donors (Lipinski definition) is 1. The summed E-state index contributed by atoms with van der Waals surface area (Å²) in [5.74, 6) is -0.617. The number of rotatable bonds is 2. The van der Waals surface area contributed by atoms with Gasteiger partial charge in [-0.15, -0.1) is 0 Å². The molecule has 13 heavy (non-hydrogen) atoms. The van der Waals surface area contributed by atoms with E-state index in [4.69, 9.17) is 5.11 Å². The summed E-state index contributed by atoms with van der Waals surface area (Å²) in [5.41, 5.74) is 0. The van der Waals surface area contributed by atoms with Crippen molar-refractivity contribution in [3.8, 4) is 0 Å². The molecule has 0 aromatic rings. The number of hydrogen-bond acceptors (Lipinski definition) is 2. The van der Waals surface area contributed by atoms with Crippen molar-refractivity contribution in [2.45, 2.75) is 50.6 Å². The molecular formula is C10H17NO2. The van der Waals surface area contributed by atoms with Crippen molar-refractivity contribution < 1.29 is 9.90 Å². The smallest absolute Gasteiger partial charge is 0.320 e. The molecule has 1 atom stereocenters. The van der Waals surface area contributed by atoms with Gasteiger partial charge in [0.25, 0.3) is 0 Å². The molecule has 0 bridgehead atoms. The first-order valence-corrected chi connectivity index (χ1v) is 5.27. The van der Waals surface area contributed by atoms with Crippen molar-refractivity contribution in [3.63, 3.8) is 0 Å². The second-order valence-corrected chi connectivity index (χ2v) is 4.17. The molecular weight excluding hydrogens is 166 g/mol. The Morgan fingerprint density at radius 1 is 1.15 bits per heavy atom. The van der Waals surface area contributed by atoms with Gasteiger partial charge in [0.05, 0.1) is 0 Å². The van der Waals surface area contributed by atoms with Gasteiger partial charge in [-0.25, -0.2) is 0 Å². The predicted octanol–water partition coefficient (Wildman–Crippen LogP) is 1.48. The van der Waals surface area contributed by atoms with E-state index in [1.165, 1.54) is 25.7 Å². The normalized spacial score (nSPS) is 31.2. The predicted molar refractivity (Wildman–Crippen MR) is 49.6 cm³/mol. The highest BCUT2D eigenvalue weighted by molar-refractivity contribution is 5.73. The van der Waals surface area contributed by atoms with Crippen LogP contribution in [0.1, 0.15) is 38.5 Å². The van der Waals surface area contributed by atoms with Gasteiger partial charge in [-0.05, 0) is 32.2 Å². The summed E-state index contributed by atoms with van der Waals surface area (Å²) in [6.45, 7) is 1.00. The Morgan fingerprint density at radius 2 is 1.92 bits per heavy atom. The number of carboxylic acids is 1. The third-order valence-electron chi connectivity index (χ3n) is 3.10. The summed E-state index contributed by atoms with van der Waals surface area (Å²) in [6.07, 6.45) is 6.74. The Balaban J connectivity index is 2.03. The van der Waals surface area contributed by atoms with Gasteiger partial charge in [0, 0.05) is 6.04 Å². The van der Waals surface area contributed by atoms with Gasteiger partial charge in [-0.3, -0.25) is 9.69 Å². The molecule has 0 radical (unpaired) electrons. The molecule has 2 fully saturated rings. The molecule has 1 unspecified atom stereocenters. The van der Waals surface area contributed by atoms with Crippen LogP contribution in [0.2, 0.25) is 0 Å². The lowest BCUT2D eigenvalue weighted by atomic mass is 10.1. The third-order valence-corrected chi connectivity index (χ3v) is 3.10. The Hall–Kier alpha value is -0.570. The molecule has 1 N–H and O–H groups in total. The van der Waals surface area contributed by atoms with Crippen LogP contribution in [0.15, 0.2) is 0 Å². The van der Waals surface area contributed by atoms with E-state index < -0.39 is 5.97 Å². The van der Waals surface area contributed by atoms with Crippen LogP contribution in [0.5, 0.6) is 0 Å². The van der Waals surface area contributed by atoms with Crippen molar-refractivity contribution in [1.29, 1.82) is 0 Å². The molecule has 1 saturated heterocycles. The molecule has 1 heterocycles. The number of aliphatic carboxylic acids is 1. The van der Waals surface area contributed by atoms with E-state index in [1.54, 1.807) is 0 Å². The van der Waals surface area contributed by atoms with Crippen molar-refractivity contribution >= 4 is 5.97 Å². The quantitative estimate of drug-likeness (QED) is 0.705. The molecule has 0 spiro atoms. The molecule has 74 valence electrons. The van der Waals surface area contributed by atoms with Gasteiger partial charge >= 0.3 is 5.97 Å². The SMILES string of the molecule is O=C(O)C1CCCCCN1C1CC1. The zero-order valence-corrected chi connectivity index (χ0v) is 7.91. The van der Waals surface area contributed by atoms with E-state index in [-0.39, 0.29) is 6.04 Å². The lowest BCUT2D eigenvalue weighted by Crippen LogP contribution is -2.42. The van der Waals surface area contributed by atoms with Crippen LogP contribution in [0, 0.1) is 0 Å². The first kappa shape index (κ1) is 9.00. The van der Waals surface area contributed by atoms with Gasteiger partial charge in [0.15, 0.2) is 0 Å². The van der Waals surface area contributed by atoms with E-state index in [0.717, 1.165) is 19.4 Å². The topological polar surface area (TPSA) is 40.5 Å². The minimum atomic E-state index is -0.617. The third kappa shape index (κ3) is 2.02. The Morgan fingerprint density at radius 3 is 2.54 bits per heavy atom. The van der Waals surface area contributed by atoms with Gasteiger partial charge < -0.3 is 5.11 Å². The fraction of sp³-hybridized carbons (Fsp3) is 0.900. The molecule has 2 rings (SSSR count). The summed E-state index contributed by atoms with van der Waals surface area (Å²) < 4.78 is 0. The highest BCUT2D eigenvalue weighted by Crippen LogP contribution is 2.31. The summed E-state index contributed by atoms with van der Waals surface area (Å²) in [6, 6.07) is 0.411. The van der Waals surface area contributed by atoms with E-state index in [9.17, 15) is 4.79 Å². The highest BCUT2D eigenvalue weighted by atomic mass is 16.4. The second kappa shape index (κ2) is 3.66. The minimum Gasteiger partial charge on any atom is -0.480 e. The van der Waals surface area contributed by atoms with Gasteiger partial charge in [0.1, 0.15) is 6.04 Å². The maximum absolute atomic E-state index is 11.0. The van der Waals surface area contributed by atoms with E-state index >= 15 is 0 Å². The first-order chi connectivity index (χ1) is 6.29. The molecule has 3 heteroatoms. The van der Waals surface area contributed by atoms with Gasteiger partial charge in [-0.1, -0.05) is 12.8 Å². The molecule has 0 aromatic carbocycles. The van der Waals surface area contributed by atoms with Crippen LogP contribution < -0.4 is 0 Å². The molecule has 3 nitrogen and oxygen atoms in total. The van der Waals surface area contributed by atoms with Gasteiger partial charge in [0.2, 0.25) is 0 Å². The summed E-state index contributed by atoms with van der Waals surface area (Å²) >= 11 is 0. The van der Waals surface area contributed by atoms with Crippen molar-refractivity contribution in [1.82, 2.24) is 4.90 Å². The molecule has 0 amide bonds. The second-order valence-electron chi connectivity index (χ2n) is 4.17. The van der Waals surface area contributed by atoms with Crippen molar-refractivity contribution in [2.24, 2.45) is 0 Å². The van der Waals surface area contributed by atoms with E-state index in [1.807, 2.05) is 0 Å². The maximum Gasteiger partial charge on any atom is 0.320 e. The Kier molecular flexibility index (Phi) is 2.54. The van der Waals surface area contributed by atoms with Crippen molar-refractivity contribution in [3.05, 3.63) is 0 Å². The Bertz CT molecular complexity index is 201. The highest BCUT2D eigenvalue weighted by Gasteiger charge is 2.37. The number of likely N-dealkylation sites (tertiary alicyclic amines) is 1. The maximum atomic E-state index is 11.0. The number of nitrogens with zero attached hydrogens (tertiary/aromatic N) is 1. The Labute approximate surface area is 78.7 Å². The molecule has 0 aromatic heterocycles. The van der Waals surface area contributed by atoms with Crippen LogP contribution in [0.3, 0.4) is 0 Å². The van der Waals surface area contributed by atoms with Gasteiger partial charge in [-0.2, -0.15) is 0 Å². The van der Waals surface area contributed by atoms with Crippen LogP contribution in [-0.2, 0) is 4.79 Å². The minimum absolute atomic E-state index is 0.185.